The first-order valence-electron chi connectivity index (χ1n) is 9.10. The van der Waals surface area contributed by atoms with E-state index in [4.69, 9.17) is 0 Å². The van der Waals surface area contributed by atoms with E-state index in [-0.39, 0.29) is 30.5 Å². The van der Waals surface area contributed by atoms with Gasteiger partial charge in [-0.3, -0.25) is 14.2 Å². The lowest BCUT2D eigenvalue weighted by Crippen LogP contribution is -2.23. The van der Waals surface area contributed by atoms with Crippen molar-refractivity contribution in [3.63, 3.8) is 0 Å². The number of aromatic nitrogens is 5. The summed E-state index contributed by atoms with van der Waals surface area (Å²) in [5, 5.41) is 8.55. The molecule has 0 unspecified atom stereocenters. The van der Waals surface area contributed by atoms with Crippen molar-refractivity contribution in [2.24, 2.45) is 0 Å². The first-order chi connectivity index (χ1) is 13.5. The SMILES string of the molecule is CC(C)n1ncc2cc(NC(=O)CCn3cnc4ccccc4c3=O)cnc21. The van der Waals surface area contributed by atoms with E-state index in [0.29, 0.717) is 16.6 Å². The maximum Gasteiger partial charge on any atom is 0.261 e. The normalized spacial score (nSPS) is 11.4. The molecule has 142 valence electrons. The van der Waals surface area contributed by atoms with Crippen LogP contribution in [0.2, 0.25) is 0 Å². The minimum atomic E-state index is -0.197. The Kier molecular flexibility index (Phi) is 4.60. The van der Waals surface area contributed by atoms with Crippen LogP contribution in [0.4, 0.5) is 5.69 Å². The molecule has 0 aliphatic rings. The van der Waals surface area contributed by atoms with Crippen molar-refractivity contribution in [3.05, 3.63) is 59.4 Å². The predicted octanol–water partition coefficient (Wildman–Crippen LogP) is 2.75. The Morgan fingerprint density at radius 2 is 2.00 bits per heavy atom. The quantitative estimate of drug-likeness (QED) is 0.578. The van der Waals surface area contributed by atoms with E-state index in [1.54, 1.807) is 30.6 Å². The van der Waals surface area contributed by atoms with Gasteiger partial charge in [0.1, 0.15) is 0 Å². The van der Waals surface area contributed by atoms with Gasteiger partial charge in [0.05, 0.1) is 35.3 Å². The molecule has 0 atom stereocenters. The fourth-order valence-electron chi connectivity index (χ4n) is 3.10. The van der Waals surface area contributed by atoms with Crippen molar-refractivity contribution in [2.45, 2.75) is 32.9 Å². The number of pyridine rings is 1. The second-order valence-electron chi connectivity index (χ2n) is 6.88. The summed E-state index contributed by atoms with van der Waals surface area (Å²) in [7, 11) is 0. The Bertz CT molecular complexity index is 1220. The van der Waals surface area contributed by atoms with Crippen LogP contribution in [0.1, 0.15) is 26.3 Å². The Hall–Kier alpha value is -3.55. The minimum absolute atomic E-state index is 0.150. The van der Waals surface area contributed by atoms with Crippen molar-refractivity contribution >= 4 is 33.5 Å². The first-order valence-corrected chi connectivity index (χ1v) is 9.10. The first kappa shape index (κ1) is 17.8. The molecule has 1 N–H and O–H groups in total. The number of amides is 1. The molecule has 4 aromatic rings. The van der Waals surface area contributed by atoms with Gasteiger partial charge in [0.15, 0.2) is 5.65 Å². The van der Waals surface area contributed by atoms with E-state index < -0.39 is 0 Å². The number of hydrogen-bond acceptors (Lipinski definition) is 5. The number of fused-ring (bicyclic) bond motifs is 2. The molecule has 0 saturated carbocycles. The second-order valence-corrected chi connectivity index (χ2v) is 6.88. The number of benzene rings is 1. The molecule has 8 heteroatoms. The number of nitrogens with one attached hydrogen (secondary N) is 1. The van der Waals surface area contributed by atoms with Crippen molar-refractivity contribution in [2.75, 3.05) is 5.32 Å². The average Bonchev–Trinajstić information content (AvgIpc) is 3.11. The summed E-state index contributed by atoms with van der Waals surface area (Å²) >= 11 is 0. The average molecular weight is 376 g/mol. The lowest BCUT2D eigenvalue weighted by Gasteiger charge is -2.09. The lowest BCUT2D eigenvalue weighted by atomic mass is 10.2. The molecule has 3 heterocycles. The van der Waals surface area contributed by atoms with Gasteiger partial charge in [-0.15, -0.1) is 0 Å². The van der Waals surface area contributed by atoms with Crippen LogP contribution in [0.3, 0.4) is 0 Å². The molecule has 28 heavy (non-hydrogen) atoms. The molecule has 8 nitrogen and oxygen atoms in total. The van der Waals surface area contributed by atoms with Gasteiger partial charge >= 0.3 is 0 Å². The molecule has 0 radical (unpaired) electrons. The van der Waals surface area contributed by atoms with Crippen molar-refractivity contribution in [1.82, 2.24) is 24.3 Å². The van der Waals surface area contributed by atoms with E-state index in [1.165, 1.54) is 10.9 Å². The molecule has 1 amide bonds. The molecular formula is C20H20N6O2. The van der Waals surface area contributed by atoms with Crippen LogP contribution in [-0.4, -0.2) is 30.2 Å². The third kappa shape index (κ3) is 3.36. The highest BCUT2D eigenvalue weighted by Gasteiger charge is 2.10. The zero-order chi connectivity index (χ0) is 19.7. The van der Waals surface area contributed by atoms with E-state index >= 15 is 0 Å². The summed E-state index contributed by atoms with van der Waals surface area (Å²) in [6, 6.07) is 9.21. The second kappa shape index (κ2) is 7.22. The van der Waals surface area contributed by atoms with Crippen LogP contribution in [0.25, 0.3) is 21.9 Å². The van der Waals surface area contributed by atoms with Crippen molar-refractivity contribution in [1.29, 1.82) is 0 Å². The number of aryl methyl sites for hydroxylation is 1. The number of para-hydroxylation sites is 1. The monoisotopic (exact) mass is 376 g/mol. The summed E-state index contributed by atoms with van der Waals surface area (Å²) in [5.41, 5.74) is 1.88. The third-order valence-electron chi connectivity index (χ3n) is 4.52. The van der Waals surface area contributed by atoms with Gasteiger partial charge in [0.25, 0.3) is 5.56 Å². The maximum absolute atomic E-state index is 12.5. The zero-order valence-corrected chi connectivity index (χ0v) is 15.7. The number of carbonyl (C=O) groups excluding carboxylic acids is 1. The largest absolute Gasteiger partial charge is 0.325 e. The van der Waals surface area contributed by atoms with Crippen LogP contribution in [0.5, 0.6) is 0 Å². The predicted molar refractivity (Wildman–Crippen MR) is 107 cm³/mol. The minimum Gasteiger partial charge on any atom is -0.325 e. The summed E-state index contributed by atoms with van der Waals surface area (Å²) in [4.78, 5) is 33.5. The standard InChI is InChI=1S/C20H20N6O2/c1-13(2)26-19-14(10-23-26)9-15(11-21-19)24-18(27)7-8-25-12-22-17-6-4-3-5-16(17)20(25)28/h3-6,9-13H,7-8H2,1-2H3,(H,24,27). The highest BCUT2D eigenvalue weighted by atomic mass is 16.2. The van der Waals surface area contributed by atoms with Crippen LogP contribution in [0, 0.1) is 0 Å². The molecule has 0 saturated heterocycles. The molecule has 0 fully saturated rings. The fraction of sp³-hybridized carbons (Fsp3) is 0.250. The van der Waals surface area contributed by atoms with E-state index in [9.17, 15) is 9.59 Å². The van der Waals surface area contributed by atoms with Gasteiger partial charge < -0.3 is 5.32 Å². The van der Waals surface area contributed by atoms with Crippen molar-refractivity contribution < 1.29 is 4.79 Å². The summed E-state index contributed by atoms with van der Waals surface area (Å²) in [6.45, 7) is 4.32. The molecule has 0 bridgehead atoms. The summed E-state index contributed by atoms with van der Waals surface area (Å²) in [5.74, 6) is -0.197. The van der Waals surface area contributed by atoms with Crippen molar-refractivity contribution in [3.8, 4) is 0 Å². The Balaban J connectivity index is 1.45. The van der Waals surface area contributed by atoms with E-state index in [0.717, 1.165) is 11.0 Å². The smallest absolute Gasteiger partial charge is 0.261 e. The van der Waals surface area contributed by atoms with Gasteiger partial charge in [0.2, 0.25) is 5.91 Å². The molecule has 3 aromatic heterocycles. The third-order valence-corrected chi connectivity index (χ3v) is 4.52. The molecule has 1 aromatic carbocycles. The number of hydrogen-bond donors (Lipinski definition) is 1. The molecule has 4 rings (SSSR count). The van der Waals surface area contributed by atoms with Crippen LogP contribution in [0.15, 0.2) is 53.8 Å². The Labute approximate surface area is 160 Å². The number of rotatable bonds is 5. The number of anilines is 1. The Morgan fingerprint density at radius 3 is 2.82 bits per heavy atom. The van der Waals surface area contributed by atoms with Gasteiger partial charge in [-0.1, -0.05) is 12.1 Å². The fourth-order valence-corrected chi connectivity index (χ4v) is 3.10. The Morgan fingerprint density at radius 1 is 1.18 bits per heavy atom. The van der Waals surface area contributed by atoms with Gasteiger partial charge in [-0.25, -0.2) is 14.6 Å². The van der Waals surface area contributed by atoms with E-state index in [1.807, 2.05) is 30.7 Å². The van der Waals surface area contributed by atoms with Gasteiger partial charge in [-0.2, -0.15) is 5.10 Å². The number of carbonyl (C=O) groups is 1. The van der Waals surface area contributed by atoms with Gasteiger partial charge in [-0.05, 0) is 32.0 Å². The molecule has 0 spiro atoms. The summed E-state index contributed by atoms with van der Waals surface area (Å²) < 4.78 is 3.29. The van der Waals surface area contributed by atoms with Crippen LogP contribution in [-0.2, 0) is 11.3 Å². The summed E-state index contributed by atoms with van der Waals surface area (Å²) in [6.07, 6.45) is 4.98. The number of nitrogens with zero attached hydrogens (tertiary/aromatic N) is 5. The molecular weight excluding hydrogens is 356 g/mol. The molecule has 0 aliphatic heterocycles. The topological polar surface area (TPSA) is 94.7 Å². The van der Waals surface area contributed by atoms with Crippen LogP contribution >= 0.6 is 0 Å². The highest BCUT2D eigenvalue weighted by Crippen LogP contribution is 2.19. The lowest BCUT2D eigenvalue weighted by molar-refractivity contribution is -0.116. The zero-order valence-electron chi connectivity index (χ0n) is 15.7. The van der Waals surface area contributed by atoms with Crippen LogP contribution < -0.4 is 10.9 Å². The van der Waals surface area contributed by atoms with E-state index in [2.05, 4.69) is 20.4 Å². The maximum atomic E-state index is 12.5. The highest BCUT2D eigenvalue weighted by molar-refractivity contribution is 5.92. The van der Waals surface area contributed by atoms with Gasteiger partial charge in [0, 0.05) is 24.4 Å². The molecule has 0 aliphatic carbocycles.